The molecule has 0 fully saturated rings. The van der Waals surface area contributed by atoms with Gasteiger partial charge in [0.15, 0.2) is 0 Å². The molecule has 0 radical (unpaired) electrons. The highest BCUT2D eigenvalue weighted by molar-refractivity contribution is 5.85. The van der Waals surface area contributed by atoms with Crippen LogP contribution in [0.2, 0.25) is 0 Å². The molecule has 0 bridgehead atoms. The van der Waals surface area contributed by atoms with E-state index in [1.165, 1.54) is 11.1 Å². The second kappa shape index (κ2) is 9.23. The average Bonchev–Trinajstić information content (AvgIpc) is 2.67. The van der Waals surface area contributed by atoms with Gasteiger partial charge in [-0.05, 0) is 46.5 Å². The Morgan fingerprint density at radius 3 is 1.53 bits per heavy atom. The molecule has 4 rings (SSSR count). The fourth-order valence-corrected chi connectivity index (χ4v) is 3.40. The van der Waals surface area contributed by atoms with Gasteiger partial charge in [-0.2, -0.15) is 0 Å². The Kier molecular flexibility index (Phi) is 6.48. The largest absolute Gasteiger partial charge is 0.481 e. The second-order valence-corrected chi connectivity index (χ2v) is 7.51. The minimum atomic E-state index is -0.790. The Balaban J connectivity index is 0.000000171. The van der Waals surface area contributed by atoms with Crippen LogP contribution in [-0.4, -0.2) is 22.2 Å². The molecule has 4 nitrogen and oxygen atoms in total. The monoisotopic (exact) mass is 400 g/mol. The SMILES string of the molecule is Cc1ccc2cc(CC(=O)O)ccc2c1.Cc1ccc2ccc(CC(=O)O)cc2c1. The van der Waals surface area contributed by atoms with Crippen LogP contribution in [0.3, 0.4) is 0 Å². The van der Waals surface area contributed by atoms with E-state index in [0.29, 0.717) is 0 Å². The van der Waals surface area contributed by atoms with Crippen LogP contribution in [-0.2, 0) is 22.4 Å². The number of fused-ring (bicyclic) bond motifs is 2. The zero-order chi connectivity index (χ0) is 21.7. The van der Waals surface area contributed by atoms with Gasteiger partial charge in [0.05, 0.1) is 12.8 Å². The molecule has 0 aliphatic heterocycles. The predicted octanol–water partition coefficient (Wildman–Crippen LogP) is 5.55. The summed E-state index contributed by atoms with van der Waals surface area (Å²) in [5.41, 5.74) is 4.10. The Morgan fingerprint density at radius 1 is 0.567 bits per heavy atom. The maximum Gasteiger partial charge on any atom is 0.307 e. The molecular formula is C26H24O4. The summed E-state index contributed by atoms with van der Waals surface area (Å²) in [6, 6.07) is 23.9. The lowest BCUT2D eigenvalue weighted by molar-refractivity contribution is -0.137. The maximum absolute atomic E-state index is 10.6. The lowest BCUT2D eigenvalue weighted by Crippen LogP contribution is -1.99. The Bertz CT molecular complexity index is 1220. The molecule has 0 unspecified atom stereocenters. The van der Waals surface area contributed by atoms with E-state index in [1.807, 2.05) is 62.4 Å². The molecule has 2 N–H and O–H groups in total. The molecule has 4 aromatic carbocycles. The van der Waals surface area contributed by atoms with Gasteiger partial charge in [-0.3, -0.25) is 9.59 Å². The van der Waals surface area contributed by atoms with Crippen LogP contribution >= 0.6 is 0 Å². The number of hydrogen-bond donors (Lipinski definition) is 2. The lowest BCUT2D eigenvalue weighted by atomic mass is 10.0. The number of carboxylic acid groups (broad SMARTS) is 2. The first-order chi connectivity index (χ1) is 14.3. The maximum atomic E-state index is 10.6. The number of carboxylic acids is 2. The van der Waals surface area contributed by atoms with Crippen molar-refractivity contribution in [3.8, 4) is 0 Å². The summed E-state index contributed by atoms with van der Waals surface area (Å²) in [5, 5.41) is 21.9. The average molecular weight is 400 g/mol. The second-order valence-electron chi connectivity index (χ2n) is 7.51. The van der Waals surface area contributed by atoms with Crippen LogP contribution in [0.5, 0.6) is 0 Å². The van der Waals surface area contributed by atoms with Crippen LogP contribution < -0.4 is 0 Å². The van der Waals surface area contributed by atoms with E-state index in [9.17, 15) is 9.59 Å². The van der Waals surface area contributed by atoms with E-state index in [4.69, 9.17) is 10.2 Å². The molecule has 0 saturated carbocycles. The molecule has 0 aromatic heterocycles. The summed E-state index contributed by atoms with van der Waals surface area (Å²) in [6.07, 6.45) is 0.174. The van der Waals surface area contributed by atoms with Crippen molar-refractivity contribution >= 4 is 33.5 Å². The molecule has 0 heterocycles. The van der Waals surface area contributed by atoms with Gasteiger partial charge in [-0.15, -0.1) is 0 Å². The number of aliphatic carboxylic acids is 2. The van der Waals surface area contributed by atoms with E-state index < -0.39 is 11.9 Å². The van der Waals surface area contributed by atoms with Crippen LogP contribution in [0.15, 0.2) is 72.8 Å². The topological polar surface area (TPSA) is 74.6 Å². The molecule has 4 aromatic rings. The quantitative estimate of drug-likeness (QED) is 0.471. The number of carbonyl (C=O) groups is 2. The Morgan fingerprint density at radius 2 is 0.967 bits per heavy atom. The summed E-state index contributed by atoms with van der Waals surface area (Å²) in [4.78, 5) is 21.1. The van der Waals surface area contributed by atoms with E-state index in [-0.39, 0.29) is 12.8 Å². The summed E-state index contributed by atoms with van der Waals surface area (Å²) in [6.45, 7) is 4.08. The van der Waals surface area contributed by atoms with Gasteiger partial charge >= 0.3 is 11.9 Å². The molecule has 0 atom stereocenters. The van der Waals surface area contributed by atoms with Crippen LogP contribution in [0.4, 0.5) is 0 Å². The first kappa shape index (κ1) is 21.1. The van der Waals surface area contributed by atoms with Crippen molar-refractivity contribution in [2.24, 2.45) is 0 Å². The van der Waals surface area contributed by atoms with Crippen molar-refractivity contribution in [1.29, 1.82) is 0 Å². The molecule has 152 valence electrons. The first-order valence-corrected chi connectivity index (χ1v) is 9.72. The van der Waals surface area contributed by atoms with Crippen LogP contribution in [0.25, 0.3) is 21.5 Å². The first-order valence-electron chi connectivity index (χ1n) is 9.72. The van der Waals surface area contributed by atoms with Gasteiger partial charge in [0, 0.05) is 0 Å². The van der Waals surface area contributed by atoms with E-state index in [2.05, 4.69) is 24.3 Å². The molecule has 0 spiro atoms. The van der Waals surface area contributed by atoms with Gasteiger partial charge in [0.2, 0.25) is 0 Å². The highest BCUT2D eigenvalue weighted by atomic mass is 16.4. The van der Waals surface area contributed by atoms with Crippen molar-refractivity contribution in [2.45, 2.75) is 26.7 Å². The summed E-state index contributed by atoms with van der Waals surface area (Å²) < 4.78 is 0. The molecule has 0 amide bonds. The lowest BCUT2D eigenvalue weighted by Gasteiger charge is -2.02. The molecule has 30 heavy (non-hydrogen) atoms. The molecule has 0 aliphatic carbocycles. The minimum absolute atomic E-state index is 0.0871. The number of rotatable bonds is 4. The van der Waals surface area contributed by atoms with Crippen molar-refractivity contribution in [3.63, 3.8) is 0 Å². The summed E-state index contributed by atoms with van der Waals surface area (Å²) >= 11 is 0. The fourth-order valence-electron chi connectivity index (χ4n) is 3.40. The zero-order valence-electron chi connectivity index (χ0n) is 17.1. The Hall–Kier alpha value is -3.66. The minimum Gasteiger partial charge on any atom is -0.481 e. The van der Waals surface area contributed by atoms with E-state index in [0.717, 1.165) is 32.7 Å². The Labute approximate surface area is 175 Å². The van der Waals surface area contributed by atoms with Gasteiger partial charge in [-0.25, -0.2) is 0 Å². The number of hydrogen-bond acceptors (Lipinski definition) is 2. The third-order valence-corrected chi connectivity index (χ3v) is 4.83. The third kappa shape index (κ3) is 5.67. The smallest absolute Gasteiger partial charge is 0.307 e. The van der Waals surface area contributed by atoms with E-state index >= 15 is 0 Å². The molecule has 4 heteroatoms. The van der Waals surface area contributed by atoms with Gasteiger partial charge in [0.1, 0.15) is 0 Å². The zero-order valence-corrected chi connectivity index (χ0v) is 17.1. The number of benzene rings is 4. The summed E-state index contributed by atoms with van der Waals surface area (Å²) in [5.74, 6) is -1.58. The van der Waals surface area contributed by atoms with Crippen molar-refractivity contribution in [2.75, 3.05) is 0 Å². The predicted molar refractivity (Wildman–Crippen MR) is 120 cm³/mol. The normalized spacial score (nSPS) is 10.5. The van der Waals surface area contributed by atoms with Crippen LogP contribution in [0.1, 0.15) is 22.3 Å². The van der Waals surface area contributed by atoms with Crippen molar-refractivity contribution < 1.29 is 19.8 Å². The fraction of sp³-hybridized carbons (Fsp3) is 0.154. The molecular weight excluding hydrogens is 376 g/mol. The van der Waals surface area contributed by atoms with Gasteiger partial charge in [-0.1, -0.05) is 83.9 Å². The molecule has 0 aliphatic rings. The standard InChI is InChI=1S/2C13H12O2/c1-9-2-4-12-7-10(8-13(14)15)3-5-11(12)6-9;1-9-2-4-11-5-3-10(8-13(14)15)7-12(11)6-9/h2*2-7H,8H2,1H3,(H,14,15). The van der Waals surface area contributed by atoms with Gasteiger partial charge < -0.3 is 10.2 Å². The van der Waals surface area contributed by atoms with Gasteiger partial charge in [0.25, 0.3) is 0 Å². The van der Waals surface area contributed by atoms with E-state index in [1.54, 1.807) is 0 Å². The summed E-state index contributed by atoms with van der Waals surface area (Å²) in [7, 11) is 0. The van der Waals surface area contributed by atoms with Crippen LogP contribution in [0, 0.1) is 13.8 Å². The number of aryl methyl sites for hydroxylation is 2. The van der Waals surface area contributed by atoms with Crippen molar-refractivity contribution in [3.05, 3.63) is 95.1 Å². The highest BCUT2D eigenvalue weighted by Crippen LogP contribution is 2.19. The highest BCUT2D eigenvalue weighted by Gasteiger charge is 2.02. The third-order valence-electron chi connectivity index (χ3n) is 4.83. The molecule has 0 saturated heterocycles. The van der Waals surface area contributed by atoms with Crippen molar-refractivity contribution in [1.82, 2.24) is 0 Å².